The van der Waals surface area contributed by atoms with Crippen LogP contribution in [0.1, 0.15) is 5.82 Å². The van der Waals surface area contributed by atoms with Gasteiger partial charge in [0.2, 0.25) is 5.91 Å². The molecule has 0 bridgehead atoms. The van der Waals surface area contributed by atoms with Gasteiger partial charge in [0.25, 0.3) is 0 Å². The Kier molecular flexibility index (Phi) is 2.17. The lowest BCUT2D eigenvalue weighted by atomic mass is 10.0. The van der Waals surface area contributed by atoms with Crippen LogP contribution in [0.25, 0.3) is 0 Å². The minimum atomic E-state index is 0.0450. The van der Waals surface area contributed by atoms with Crippen molar-refractivity contribution in [2.45, 2.75) is 6.54 Å². The summed E-state index contributed by atoms with van der Waals surface area (Å²) in [5.41, 5.74) is 0. The van der Waals surface area contributed by atoms with Gasteiger partial charge in [-0.3, -0.25) is 4.79 Å². The largest absolute Gasteiger partial charge is 0.348 e. The van der Waals surface area contributed by atoms with Gasteiger partial charge in [0.15, 0.2) is 5.82 Å². The first kappa shape index (κ1) is 8.11. The Bertz CT molecular complexity index is 279. The summed E-state index contributed by atoms with van der Waals surface area (Å²) >= 11 is 0. The van der Waals surface area contributed by atoms with Crippen LogP contribution in [0, 0.1) is 5.92 Å². The predicted octanol–water partition coefficient (Wildman–Crippen LogP) is -1.96. The first-order valence-electron chi connectivity index (χ1n) is 4.07. The third-order valence-electron chi connectivity index (χ3n) is 1.96. The number of H-pyrrole nitrogens is 1. The molecule has 13 heavy (non-hydrogen) atoms. The first-order chi connectivity index (χ1) is 6.36. The molecule has 1 amide bonds. The molecule has 2 heterocycles. The molecular formula is C6H10N6O. The lowest BCUT2D eigenvalue weighted by Gasteiger charge is -2.25. The van der Waals surface area contributed by atoms with Crippen LogP contribution in [-0.2, 0) is 11.3 Å². The summed E-state index contributed by atoms with van der Waals surface area (Å²) in [6, 6.07) is 0. The Morgan fingerprint density at radius 2 is 2.46 bits per heavy atom. The van der Waals surface area contributed by atoms with Gasteiger partial charge in [0, 0.05) is 13.1 Å². The summed E-state index contributed by atoms with van der Waals surface area (Å²) < 4.78 is 0. The third kappa shape index (κ3) is 1.81. The number of aromatic nitrogens is 4. The summed E-state index contributed by atoms with van der Waals surface area (Å²) in [7, 11) is 0. The molecule has 1 fully saturated rings. The Hall–Kier alpha value is -1.50. The Morgan fingerprint density at radius 3 is 3.00 bits per heavy atom. The number of aromatic amines is 1. The zero-order chi connectivity index (χ0) is 9.10. The van der Waals surface area contributed by atoms with Crippen LogP contribution in [0.3, 0.4) is 0 Å². The Morgan fingerprint density at radius 1 is 1.62 bits per heavy atom. The molecule has 1 aliphatic heterocycles. The van der Waals surface area contributed by atoms with E-state index >= 15 is 0 Å². The molecule has 1 aliphatic rings. The van der Waals surface area contributed by atoms with E-state index in [2.05, 4.69) is 31.3 Å². The number of carbonyl (C=O) groups excluding carboxylic acids is 1. The van der Waals surface area contributed by atoms with Crippen LogP contribution >= 0.6 is 0 Å². The molecule has 1 aromatic heterocycles. The molecule has 0 aromatic carbocycles. The normalized spacial score (nSPS) is 16.6. The van der Waals surface area contributed by atoms with Gasteiger partial charge in [-0.1, -0.05) is 5.21 Å². The second kappa shape index (κ2) is 3.48. The predicted molar refractivity (Wildman–Crippen MR) is 42.4 cm³/mol. The smallest absolute Gasteiger partial charge is 0.226 e. The number of hydrogen-bond acceptors (Lipinski definition) is 5. The fourth-order valence-corrected chi connectivity index (χ4v) is 1.04. The fraction of sp³-hybridized carbons (Fsp3) is 0.667. The summed E-state index contributed by atoms with van der Waals surface area (Å²) in [5, 5.41) is 18.9. The maximum Gasteiger partial charge on any atom is 0.226 e. The molecule has 0 unspecified atom stereocenters. The van der Waals surface area contributed by atoms with Gasteiger partial charge < -0.3 is 10.6 Å². The van der Waals surface area contributed by atoms with E-state index in [1.807, 2.05) is 0 Å². The average molecular weight is 182 g/mol. The van der Waals surface area contributed by atoms with Gasteiger partial charge in [0.05, 0.1) is 12.5 Å². The standard InChI is InChI=1S/C6H10N6O/c13-6(4-1-7-2-4)8-3-5-9-11-12-10-5/h4,7H,1-3H2,(H,8,13)(H,9,10,11,12). The highest BCUT2D eigenvalue weighted by molar-refractivity contribution is 5.79. The molecule has 70 valence electrons. The van der Waals surface area contributed by atoms with Crippen LogP contribution in [-0.4, -0.2) is 39.6 Å². The van der Waals surface area contributed by atoms with Gasteiger partial charge in [-0.05, 0) is 0 Å². The molecule has 0 atom stereocenters. The Balaban J connectivity index is 1.76. The number of nitrogens with one attached hydrogen (secondary N) is 3. The van der Waals surface area contributed by atoms with Crippen LogP contribution < -0.4 is 10.6 Å². The first-order valence-corrected chi connectivity index (χ1v) is 4.07. The van der Waals surface area contributed by atoms with E-state index in [4.69, 9.17) is 0 Å². The van der Waals surface area contributed by atoms with Gasteiger partial charge in [0.1, 0.15) is 0 Å². The minimum Gasteiger partial charge on any atom is -0.348 e. The number of tetrazole rings is 1. The van der Waals surface area contributed by atoms with Gasteiger partial charge in [-0.25, -0.2) is 0 Å². The van der Waals surface area contributed by atoms with Crippen molar-refractivity contribution >= 4 is 5.91 Å². The highest BCUT2D eigenvalue weighted by Crippen LogP contribution is 2.01. The fourth-order valence-electron chi connectivity index (χ4n) is 1.04. The van der Waals surface area contributed by atoms with Gasteiger partial charge >= 0.3 is 0 Å². The number of rotatable bonds is 3. The lowest BCUT2D eigenvalue weighted by Crippen LogP contribution is -2.50. The second-order valence-corrected chi connectivity index (χ2v) is 2.90. The van der Waals surface area contributed by atoms with E-state index in [0.717, 1.165) is 13.1 Å². The molecule has 7 nitrogen and oxygen atoms in total. The summed E-state index contributed by atoms with van der Waals surface area (Å²) in [6.45, 7) is 1.86. The van der Waals surface area contributed by atoms with Crippen molar-refractivity contribution in [1.82, 2.24) is 31.3 Å². The minimum absolute atomic E-state index is 0.0450. The van der Waals surface area contributed by atoms with Crippen LogP contribution in [0.15, 0.2) is 0 Å². The van der Waals surface area contributed by atoms with Crippen molar-refractivity contribution in [3.63, 3.8) is 0 Å². The van der Waals surface area contributed by atoms with Crippen molar-refractivity contribution in [3.05, 3.63) is 5.82 Å². The van der Waals surface area contributed by atoms with E-state index in [1.165, 1.54) is 0 Å². The highest BCUT2D eigenvalue weighted by Gasteiger charge is 2.24. The number of amides is 1. The molecule has 3 N–H and O–H groups in total. The quantitative estimate of drug-likeness (QED) is 0.504. The lowest BCUT2D eigenvalue weighted by molar-refractivity contribution is -0.126. The van der Waals surface area contributed by atoms with Crippen molar-refractivity contribution < 1.29 is 4.79 Å². The molecule has 0 aliphatic carbocycles. The van der Waals surface area contributed by atoms with Gasteiger partial charge in [-0.15, -0.1) is 10.2 Å². The van der Waals surface area contributed by atoms with Crippen LogP contribution in [0.2, 0.25) is 0 Å². The van der Waals surface area contributed by atoms with Crippen LogP contribution in [0.5, 0.6) is 0 Å². The van der Waals surface area contributed by atoms with Gasteiger partial charge in [-0.2, -0.15) is 5.21 Å². The highest BCUT2D eigenvalue weighted by atomic mass is 16.2. The molecule has 7 heteroatoms. The monoisotopic (exact) mass is 182 g/mol. The molecule has 1 aromatic rings. The number of hydrogen-bond donors (Lipinski definition) is 3. The van der Waals surface area contributed by atoms with E-state index in [9.17, 15) is 4.79 Å². The third-order valence-corrected chi connectivity index (χ3v) is 1.96. The molecule has 1 saturated heterocycles. The zero-order valence-corrected chi connectivity index (χ0v) is 6.95. The molecule has 2 rings (SSSR count). The van der Waals surface area contributed by atoms with E-state index in [0.29, 0.717) is 12.4 Å². The SMILES string of the molecule is O=C(NCc1nn[nH]n1)C1CNC1. The van der Waals surface area contributed by atoms with E-state index in [-0.39, 0.29) is 11.8 Å². The topological polar surface area (TPSA) is 95.6 Å². The summed E-state index contributed by atoms with van der Waals surface area (Å²) in [4.78, 5) is 11.3. The second-order valence-electron chi connectivity index (χ2n) is 2.90. The summed E-state index contributed by atoms with van der Waals surface area (Å²) in [5.74, 6) is 0.649. The Labute approximate surface area is 74.3 Å². The van der Waals surface area contributed by atoms with Crippen molar-refractivity contribution in [2.24, 2.45) is 5.92 Å². The number of nitrogens with zero attached hydrogens (tertiary/aromatic N) is 3. The number of carbonyl (C=O) groups is 1. The van der Waals surface area contributed by atoms with Crippen molar-refractivity contribution in [1.29, 1.82) is 0 Å². The maximum atomic E-state index is 11.3. The zero-order valence-electron chi connectivity index (χ0n) is 6.95. The summed E-state index contributed by atoms with van der Waals surface area (Å²) in [6.07, 6.45) is 0. The molecular weight excluding hydrogens is 172 g/mol. The van der Waals surface area contributed by atoms with E-state index in [1.54, 1.807) is 0 Å². The maximum absolute atomic E-state index is 11.3. The van der Waals surface area contributed by atoms with Crippen molar-refractivity contribution in [2.75, 3.05) is 13.1 Å². The van der Waals surface area contributed by atoms with E-state index < -0.39 is 0 Å². The van der Waals surface area contributed by atoms with Crippen LogP contribution in [0.4, 0.5) is 0 Å². The molecule has 0 radical (unpaired) electrons. The average Bonchev–Trinajstić information content (AvgIpc) is 2.49. The molecule has 0 saturated carbocycles. The van der Waals surface area contributed by atoms with Crippen molar-refractivity contribution in [3.8, 4) is 0 Å². The molecule has 0 spiro atoms.